The number of likely N-dealkylation sites (N-methyl/N-ethyl adjacent to an activating group) is 1. The van der Waals surface area contributed by atoms with Gasteiger partial charge in [0.05, 0.1) is 0 Å². The first kappa shape index (κ1) is 12.9. The first-order valence-corrected chi connectivity index (χ1v) is 5.19. The molecule has 80 valence electrons. The van der Waals surface area contributed by atoms with E-state index < -0.39 is 0 Å². The van der Waals surface area contributed by atoms with Crippen LogP contribution in [0.5, 0.6) is 0 Å². The van der Waals surface area contributed by atoms with Crippen molar-refractivity contribution in [3.8, 4) is 0 Å². The molecule has 0 aliphatic carbocycles. The molecule has 0 aromatic rings. The number of rotatable bonds is 7. The van der Waals surface area contributed by atoms with E-state index in [1.807, 2.05) is 0 Å². The van der Waals surface area contributed by atoms with Crippen LogP contribution in [0.2, 0.25) is 0 Å². The van der Waals surface area contributed by atoms with Gasteiger partial charge in [-0.15, -0.1) is 0 Å². The Hall–Kier alpha value is -0.120. The van der Waals surface area contributed by atoms with Crippen molar-refractivity contribution in [2.24, 2.45) is 5.73 Å². The number of aliphatic hydroxyl groups is 1. The lowest BCUT2D eigenvalue weighted by molar-refractivity contribution is 0.106. The van der Waals surface area contributed by atoms with E-state index in [1.165, 1.54) is 0 Å². The molecule has 3 N–H and O–H groups in total. The Morgan fingerprint density at radius 3 is 2.15 bits per heavy atom. The summed E-state index contributed by atoms with van der Waals surface area (Å²) < 4.78 is 0. The molecule has 0 rings (SSSR count). The highest BCUT2D eigenvalue weighted by Gasteiger charge is 2.28. The molecule has 0 saturated heterocycles. The Labute approximate surface area is 81.9 Å². The normalized spacial score (nSPS) is 12.5. The average molecular weight is 188 g/mol. The van der Waals surface area contributed by atoms with Crippen molar-refractivity contribution in [3.05, 3.63) is 0 Å². The van der Waals surface area contributed by atoms with E-state index in [1.54, 1.807) is 0 Å². The van der Waals surface area contributed by atoms with E-state index in [-0.39, 0.29) is 12.1 Å². The second kappa shape index (κ2) is 6.35. The molecule has 0 aliphatic rings. The van der Waals surface area contributed by atoms with Gasteiger partial charge in [0.2, 0.25) is 0 Å². The van der Waals surface area contributed by atoms with Gasteiger partial charge in [-0.05, 0) is 26.3 Å². The first-order chi connectivity index (χ1) is 6.16. The van der Waals surface area contributed by atoms with E-state index in [9.17, 15) is 0 Å². The van der Waals surface area contributed by atoms with Gasteiger partial charge in [-0.25, -0.2) is 0 Å². The summed E-state index contributed by atoms with van der Waals surface area (Å²) in [6, 6.07) is 0. The van der Waals surface area contributed by atoms with Crippen LogP contribution in [0.3, 0.4) is 0 Å². The summed E-state index contributed by atoms with van der Waals surface area (Å²) in [4.78, 5) is 2.28. The summed E-state index contributed by atoms with van der Waals surface area (Å²) in [6.45, 7) is 6.23. The molecule has 0 spiro atoms. The molecular formula is C10H24N2O. The van der Waals surface area contributed by atoms with Gasteiger partial charge in [0.25, 0.3) is 0 Å². The second-order valence-electron chi connectivity index (χ2n) is 3.63. The molecule has 0 heterocycles. The fourth-order valence-electron chi connectivity index (χ4n) is 1.78. The predicted octanol–water partition coefficient (Wildman–Crippen LogP) is 0.818. The molecule has 0 fully saturated rings. The molecule has 0 saturated carbocycles. The summed E-state index contributed by atoms with van der Waals surface area (Å²) in [6.07, 6.45) is 2.97. The lowest BCUT2D eigenvalue weighted by Crippen LogP contribution is -2.51. The van der Waals surface area contributed by atoms with Gasteiger partial charge >= 0.3 is 0 Å². The van der Waals surface area contributed by atoms with Crippen LogP contribution >= 0.6 is 0 Å². The molecule has 0 aromatic carbocycles. The van der Waals surface area contributed by atoms with Gasteiger partial charge < -0.3 is 10.8 Å². The molecular weight excluding hydrogens is 164 g/mol. The molecule has 0 atom stereocenters. The van der Waals surface area contributed by atoms with Gasteiger partial charge in [0.1, 0.15) is 0 Å². The Balaban J connectivity index is 4.17. The minimum absolute atomic E-state index is 0.134. The summed E-state index contributed by atoms with van der Waals surface area (Å²) in [5.74, 6) is 0. The molecule has 3 heteroatoms. The predicted molar refractivity (Wildman–Crippen MR) is 56.7 cm³/mol. The lowest BCUT2D eigenvalue weighted by atomic mass is 9.91. The molecule has 0 amide bonds. The fourth-order valence-corrected chi connectivity index (χ4v) is 1.78. The van der Waals surface area contributed by atoms with Crippen LogP contribution in [0.15, 0.2) is 0 Å². The van der Waals surface area contributed by atoms with E-state index >= 15 is 0 Å². The third-order valence-electron chi connectivity index (χ3n) is 3.16. The number of aliphatic hydroxyl groups excluding tert-OH is 1. The fraction of sp³-hybridized carbons (Fsp3) is 1.00. The molecule has 0 aliphatic heterocycles. The molecule has 0 aromatic heterocycles. The average Bonchev–Trinajstić information content (AvgIpc) is 2.18. The van der Waals surface area contributed by atoms with Gasteiger partial charge in [-0.2, -0.15) is 0 Å². The van der Waals surface area contributed by atoms with Crippen molar-refractivity contribution >= 4 is 0 Å². The number of nitrogens with zero attached hydrogens (tertiary/aromatic N) is 1. The third-order valence-corrected chi connectivity index (χ3v) is 3.16. The molecule has 0 unspecified atom stereocenters. The summed E-state index contributed by atoms with van der Waals surface area (Å²) in [5, 5.41) is 8.74. The van der Waals surface area contributed by atoms with Crippen LogP contribution in [0, 0.1) is 0 Å². The monoisotopic (exact) mass is 188 g/mol. The van der Waals surface area contributed by atoms with E-state index in [0.29, 0.717) is 6.54 Å². The van der Waals surface area contributed by atoms with Crippen molar-refractivity contribution in [3.63, 3.8) is 0 Å². The van der Waals surface area contributed by atoms with Crippen molar-refractivity contribution in [1.82, 2.24) is 4.90 Å². The van der Waals surface area contributed by atoms with Crippen molar-refractivity contribution in [1.29, 1.82) is 0 Å². The topological polar surface area (TPSA) is 49.5 Å². The highest BCUT2D eigenvalue weighted by atomic mass is 16.3. The summed E-state index contributed by atoms with van der Waals surface area (Å²) in [7, 11) is 2.09. The maximum atomic E-state index is 8.74. The maximum Gasteiger partial charge on any atom is 0.0443 e. The zero-order chi connectivity index (χ0) is 10.3. The Bertz CT molecular complexity index is 116. The summed E-state index contributed by atoms with van der Waals surface area (Å²) >= 11 is 0. The van der Waals surface area contributed by atoms with Crippen LogP contribution in [-0.2, 0) is 0 Å². The van der Waals surface area contributed by atoms with Gasteiger partial charge in [0.15, 0.2) is 0 Å². The van der Waals surface area contributed by atoms with E-state index in [2.05, 4.69) is 25.8 Å². The first-order valence-electron chi connectivity index (χ1n) is 5.19. The third kappa shape index (κ3) is 3.25. The van der Waals surface area contributed by atoms with E-state index in [0.717, 1.165) is 25.8 Å². The van der Waals surface area contributed by atoms with Crippen molar-refractivity contribution in [2.75, 3.05) is 26.7 Å². The summed E-state index contributed by atoms with van der Waals surface area (Å²) in [5.41, 5.74) is 5.93. The quantitative estimate of drug-likeness (QED) is 0.622. The van der Waals surface area contributed by atoms with Crippen LogP contribution in [-0.4, -0.2) is 42.3 Å². The Morgan fingerprint density at radius 2 is 1.85 bits per heavy atom. The highest BCUT2D eigenvalue weighted by molar-refractivity contribution is 4.87. The Morgan fingerprint density at radius 1 is 1.31 bits per heavy atom. The van der Waals surface area contributed by atoms with Crippen molar-refractivity contribution in [2.45, 2.75) is 38.6 Å². The van der Waals surface area contributed by atoms with Crippen LogP contribution in [0.25, 0.3) is 0 Å². The smallest absolute Gasteiger partial charge is 0.0443 e. The van der Waals surface area contributed by atoms with Crippen LogP contribution in [0.1, 0.15) is 33.1 Å². The van der Waals surface area contributed by atoms with Crippen LogP contribution < -0.4 is 5.73 Å². The van der Waals surface area contributed by atoms with Gasteiger partial charge in [-0.1, -0.05) is 13.8 Å². The van der Waals surface area contributed by atoms with E-state index in [4.69, 9.17) is 10.8 Å². The minimum atomic E-state index is 0.134. The maximum absolute atomic E-state index is 8.74. The highest BCUT2D eigenvalue weighted by Crippen LogP contribution is 2.21. The lowest BCUT2D eigenvalue weighted by Gasteiger charge is -2.40. The zero-order valence-corrected chi connectivity index (χ0v) is 9.21. The Kier molecular flexibility index (Phi) is 6.29. The second-order valence-corrected chi connectivity index (χ2v) is 3.63. The molecule has 3 nitrogen and oxygen atoms in total. The molecule has 13 heavy (non-hydrogen) atoms. The standard InChI is InChI=1S/C10H24N2O/c1-4-10(5-2,9-11)12(3)7-6-8-13/h13H,4-9,11H2,1-3H3. The van der Waals surface area contributed by atoms with Crippen LogP contribution in [0.4, 0.5) is 0 Å². The molecule has 0 radical (unpaired) electrons. The number of hydrogen-bond donors (Lipinski definition) is 2. The number of hydrogen-bond acceptors (Lipinski definition) is 3. The van der Waals surface area contributed by atoms with Gasteiger partial charge in [-0.3, -0.25) is 4.90 Å². The SMILES string of the molecule is CCC(CC)(CN)N(C)CCCO. The number of nitrogens with two attached hydrogens (primary N) is 1. The minimum Gasteiger partial charge on any atom is -0.396 e. The van der Waals surface area contributed by atoms with Crippen molar-refractivity contribution < 1.29 is 5.11 Å². The van der Waals surface area contributed by atoms with Gasteiger partial charge in [0, 0.05) is 25.2 Å². The molecule has 0 bridgehead atoms. The largest absolute Gasteiger partial charge is 0.396 e. The zero-order valence-electron chi connectivity index (χ0n) is 9.21.